The van der Waals surface area contributed by atoms with Crippen molar-refractivity contribution in [1.82, 2.24) is 0 Å². The molecule has 2 atom stereocenters. The van der Waals surface area contributed by atoms with Gasteiger partial charge in [-0.1, -0.05) is 24.4 Å². The highest BCUT2D eigenvalue weighted by molar-refractivity contribution is 6.30. The number of anilines is 1. The van der Waals surface area contributed by atoms with E-state index in [2.05, 4.69) is 12.2 Å². The third-order valence-corrected chi connectivity index (χ3v) is 3.53. The van der Waals surface area contributed by atoms with Gasteiger partial charge in [-0.15, -0.1) is 0 Å². The summed E-state index contributed by atoms with van der Waals surface area (Å²) < 4.78 is 5.80. The zero-order valence-corrected chi connectivity index (χ0v) is 11.0. The van der Waals surface area contributed by atoms with Gasteiger partial charge in [0.15, 0.2) is 0 Å². The number of hydrogen-bond acceptors (Lipinski definition) is 2. The molecule has 0 heterocycles. The predicted octanol–water partition coefficient (Wildman–Crippen LogP) is 4.10. The van der Waals surface area contributed by atoms with Crippen LogP contribution in [0.4, 0.5) is 5.69 Å². The second kappa shape index (κ2) is 6.27. The van der Waals surface area contributed by atoms with Gasteiger partial charge < -0.3 is 10.1 Å². The van der Waals surface area contributed by atoms with Crippen LogP contribution in [0.25, 0.3) is 0 Å². The summed E-state index contributed by atoms with van der Waals surface area (Å²) in [6.07, 6.45) is 5.27. The molecule has 0 radical (unpaired) electrons. The Hall–Kier alpha value is -0.730. The summed E-state index contributed by atoms with van der Waals surface area (Å²) in [5.74, 6) is 0. The first-order chi connectivity index (χ1) is 8.29. The fourth-order valence-electron chi connectivity index (χ4n) is 2.44. The molecule has 2 nitrogen and oxygen atoms in total. The van der Waals surface area contributed by atoms with Crippen LogP contribution in [0.1, 0.15) is 32.6 Å². The van der Waals surface area contributed by atoms with Crippen molar-refractivity contribution in [3.8, 4) is 0 Å². The summed E-state index contributed by atoms with van der Waals surface area (Å²) in [6.45, 7) is 2.86. The summed E-state index contributed by atoms with van der Waals surface area (Å²) in [5.41, 5.74) is 1.13. The van der Waals surface area contributed by atoms with Crippen molar-refractivity contribution in [1.29, 1.82) is 0 Å². The summed E-state index contributed by atoms with van der Waals surface area (Å²) in [5, 5.41) is 4.34. The van der Waals surface area contributed by atoms with E-state index < -0.39 is 0 Å². The highest BCUT2D eigenvalue weighted by Crippen LogP contribution is 2.25. The van der Waals surface area contributed by atoms with Crippen LogP contribution < -0.4 is 5.32 Å². The van der Waals surface area contributed by atoms with E-state index in [-0.39, 0.29) is 0 Å². The molecule has 1 aromatic rings. The van der Waals surface area contributed by atoms with Crippen molar-refractivity contribution in [3.05, 3.63) is 29.3 Å². The maximum absolute atomic E-state index is 5.88. The lowest BCUT2D eigenvalue weighted by molar-refractivity contribution is 0.0280. The highest BCUT2D eigenvalue weighted by Gasteiger charge is 2.25. The number of benzene rings is 1. The molecule has 1 saturated carbocycles. The fraction of sp³-hybridized carbons (Fsp3) is 0.571. The molecule has 1 fully saturated rings. The minimum absolute atomic E-state index is 0.351. The van der Waals surface area contributed by atoms with Crippen LogP contribution in [0, 0.1) is 0 Å². The van der Waals surface area contributed by atoms with Gasteiger partial charge in [0.25, 0.3) is 0 Å². The van der Waals surface area contributed by atoms with Gasteiger partial charge in [0.05, 0.1) is 12.1 Å². The normalized spacial score (nSPS) is 24.6. The Bertz CT molecular complexity index is 337. The van der Waals surface area contributed by atoms with E-state index in [0.29, 0.717) is 12.1 Å². The largest absolute Gasteiger partial charge is 0.380 e. The van der Waals surface area contributed by atoms with Gasteiger partial charge in [0.2, 0.25) is 0 Å². The van der Waals surface area contributed by atoms with Gasteiger partial charge in [0, 0.05) is 17.3 Å². The standard InChI is InChI=1S/C14H20ClNO/c1-2-17-14-6-4-3-5-13(14)16-12-9-7-11(15)8-10-12/h7-10,13-14,16H,2-6H2,1H3/t13-,14-/m0/s1. The average molecular weight is 254 g/mol. The van der Waals surface area contributed by atoms with E-state index in [0.717, 1.165) is 17.3 Å². The third-order valence-electron chi connectivity index (χ3n) is 3.28. The lowest BCUT2D eigenvalue weighted by atomic mass is 9.92. The van der Waals surface area contributed by atoms with Crippen LogP contribution in [-0.4, -0.2) is 18.8 Å². The Kier molecular flexibility index (Phi) is 4.69. The first kappa shape index (κ1) is 12.7. The van der Waals surface area contributed by atoms with E-state index in [1.54, 1.807) is 0 Å². The minimum Gasteiger partial charge on any atom is -0.380 e. The summed E-state index contributed by atoms with van der Waals surface area (Å²) in [6, 6.07) is 8.33. The maximum atomic E-state index is 5.88. The zero-order valence-electron chi connectivity index (χ0n) is 10.3. The second-order valence-corrected chi connectivity index (χ2v) is 4.97. The van der Waals surface area contributed by atoms with Crippen molar-refractivity contribution in [2.45, 2.75) is 44.8 Å². The molecule has 1 aliphatic rings. The molecule has 1 aromatic carbocycles. The Labute approximate surface area is 108 Å². The fourth-order valence-corrected chi connectivity index (χ4v) is 2.56. The quantitative estimate of drug-likeness (QED) is 0.872. The van der Waals surface area contributed by atoms with Gasteiger partial charge in [-0.05, 0) is 44.0 Å². The molecule has 3 heteroatoms. The van der Waals surface area contributed by atoms with Gasteiger partial charge in [0.1, 0.15) is 0 Å². The molecule has 94 valence electrons. The molecular weight excluding hydrogens is 234 g/mol. The van der Waals surface area contributed by atoms with Crippen molar-refractivity contribution >= 4 is 17.3 Å². The van der Waals surface area contributed by atoms with Crippen LogP contribution in [-0.2, 0) is 4.74 Å². The molecule has 0 aliphatic heterocycles. The average Bonchev–Trinajstić information content (AvgIpc) is 2.35. The van der Waals surface area contributed by atoms with Crippen LogP contribution in [0.5, 0.6) is 0 Å². The van der Waals surface area contributed by atoms with Gasteiger partial charge >= 0.3 is 0 Å². The minimum atomic E-state index is 0.351. The summed E-state index contributed by atoms with van der Waals surface area (Å²) >= 11 is 5.88. The molecule has 0 unspecified atom stereocenters. The lowest BCUT2D eigenvalue weighted by Crippen LogP contribution is -2.38. The van der Waals surface area contributed by atoms with Crippen molar-refractivity contribution in [2.75, 3.05) is 11.9 Å². The molecule has 0 aromatic heterocycles. The van der Waals surface area contributed by atoms with E-state index in [1.165, 1.54) is 25.7 Å². The third kappa shape index (κ3) is 3.62. The van der Waals surface area contributed by atoms with E-state index in [1.807, 2.05) is 24.3 Å². The van der Waals surface area contributed by atoms with Crippen molar-refractivity contribution in [2.24, 2.45) is 0 Å². The van der Waals surface area contributed by atoms with Gasteiger partial charge in [-0.2, -0.15) is 0 Å². The van der Waals surface area contributed by atoms with Gasteiger partial charge in [-0.3, -0.25) is 0 Å². The van der Waals surface area contributed by atoms with E-state index >= 15 is 0 Å². The number of nitrogens with one attached hydrogen (secondary N) is 1. The Morgan fingerprint density at radius 2 is 1.94 bits per heavy atom. The molecule has 1 aliphatic carbocycles. The van der Waals surface area contributed by atoms with E-state index in [4.69, 9.17) is 16.3 Å². The molecule has 0 amide bonds. The Balaban J connectivity index is 1.97. The first-order valence-corrected chi connectivity index (χ1v) is 6.81. The second-order valence-electron chi connectivity index (χ2n) is 4.54. The molecule has 2 rings (SSSR count). The molecule has 1 N–H and O–H groups in total. The Morgan fingerprint density at radius 1 is 1.24 bits per heavy atom. The number of rotatable bonds is 4. The highest BCUT2D eigenvalue weighted by atomic mass is 35.5. The van der Waals surface area contributed by atoms with Gasteiger partial charge in [-0.25, -0.2) is 0 Å². The predicted molar refractivity (Wildman–Crippen MR) is 72.7 cm³/mol. The van der Waals surface area contributed by atoms with Crippen molar-refractivity contribution in [3.63, 3.8) is 0 Å². The zero-order chi connectivity index (χ0) is 12.1. The topological polar surface area (TPSA) is 21.3 Å². The number of halogens is 1. The number of ether oxygens (including phenoxy) is 1. The lowest BCUT2D eigenvalue weighted by Gasteiger charge is -2.32. The maximum Gasteiger partial charge on any atom is 0.0775 e. The molecular formula is C14H20ClNO. The van der Waals surface area contributed by atoms with Crippen LogP contribution in [0.2, 0.25) is 5.02 Å². The first-order valence-electron chi connectivity index (χ1n) is 6.43. The van der Waals surface area contributed by atoms with E-state index in [9.17, 15) is 0 Å². The Morgan fingerprint density at radius 3 is 2.65 bits per heavy atom. The van der Waals surface area contributed by atoms with Crippen LogP contribution in [0.3, 0.4) is 0 Å². The van der Waals surface area contributed by atoms with Crippen LogP contribution in [0.15, 0.2) is 24.3 Å². The van der Waals surface area contributed by atoms with Crippen LogP contribution >= 0.6 is 11.6 Å². The monoisotopic (exact) mass is 253 g/mol. The SMILES string of the molecule is CCO[C@H]1CCCC[C@@H]1Nc1ccc(Cl)cc1. The summed E-state index contributed by atoms with van der Waals surface area (Å²) in [4.78, 5) is 0. The molecule has 0 spiro atoms. The van der Waals surface area contributed by atoms with Crippen molar-refractivity contribution < 1.29 is 4.74 Å². The molecule has 0 saturated heterocycles. The number of hydrogen-bond donors (Lipinski definition) is 1. The molecule has 0 bridgehead atoms. The smallest absolute Gasteiger partial charge is 0.0775 e. The summed E-state index contributed by atoms with van der Waals surface area (Å²) in [7, 11) is 0. The molecule has 17 heavy (non-hydrogen) atoms.